The van der Waals surface area contributed by atoms with Gasteiger partial charge in [-0.3, -0.25) is 4.79 Å². The van der Waals surface area contributed by atoms with E-state index in [1.807, 2.05) is 12.1 Å². The molecule has 1 fully saturated rings. The van der Waals surface area contributed by atoms with Gasteiger partial charge < -0.3 is 23.9 Å². The topological polar surface area (TPSA) is 89.2 Å². The molecular weight excluding hydrogens is 326 g/mol. The zero-order valence-corrected chi connectivity index (χ0v) is 13.8. The van der Waals surface area contributed by atoms with Gasteiger partial charge in [-0.15, -0.1) is 0 Å². The first kappa shape index (κ1) is 16.9. The third kappa shape index (κ3) is 3.60. The van der Waals surface area contributed by atoms with Crippen molar-refractivity contribution < 1.29 is 28.6 Å². The first-order chi connectivity index (χ1) is 12.1. The zero-order valence-electron chi connectivity index (χ0n) is 13.8. The molecule has 1 amide bonds. The summed E-state index contributed by atoms with van der Waals surface area (Å²) in [4.78, 5) is 25.0. The van der Waals surface area contributed by atoms with Gasteiger partial charge in [0.1, 0.15) is 18.4 Å². The minimum Gasteiger partial charge on any atom is -0.493 e. The van der Waals surface area contributed by atoms with Gasteiger partial charge in [0.05, 0.1) is 7.11 Å². The summed E-state index contributed by atoms with van der Waals surface area (Å²) in [6, 6.07) is 9.63. The third-order valence-corrected chi connectivity index (χ3v) is 4.11. The second-order valence-electron chi connectivity index (χ2n) is 5.70. The summed E-state index contributed by atoms with van der Waals surface area (Å²) in [5, 5.41) is 9.19. The molecule has 0 aliphatic carbocycles. The van der Waals surface area contributed by atoms with Crippen LogP contribution in [0.3, 0.4) is 0 Å². The molecule has 3 rings (SSSR count). The summed E-state index contributed by atoms with van der Waals surface area (Å²) in [6.45, 7) is 0.555. The van der Waals surface area contributed by atoms with Gasteiger partial charge in [-0.05, 0) is 37.1 Å². The number of hydrogen-bond donors (Lipinski definition) is 1. The van der Waals surface area contributed by atoms with Gasteiger partial charge in [-0.2, -0.15) is 0 Å². The van der Waals surface area contributed by atoms with E-state index in [0.29, 0.717) is 36.6 Å². The van der Waals surface area contributed by atoms with Gasteiger partial charge in [0, 0.05) is 6.54 Å². The molecule has 1 aliphatic heterocycles. The van der Waals surface area contributed by atoms with Gasteiger partial charge in [-0.1, -0.05) is 12.1 Å². The smallest absolute Gasteiger partial charge is 0.326 e. The number of likely N-dealkylation sites (tertiary alicyclic amines) is 1. The van der Waals surface area contributed by atoms with Crippen molar-refractivity contribution in [3.63, 3.8) is 0 Å². The van der Waals surface area contributed by atoms with Crippen molar-refractivity contribution in [1.29, 1.82) is 0 Å². The van der Waals surface area contributed by atoms with E-state index in [4.69, 9.17) is 13.9 Å². The monoisotopic (exact) mass is 345 g/mol. The lowest BCUT2D eigenvalue weighted by Crippen LogP contribution is -2.40. The molecule has 7 heteroatoms. The standard InChI is InChI=1S/C18H19NO6/c1-23-14-6-2-3-7-15(14)24-11-12-8-9-16(25-12)17(20)19-10-4-5-13(19)18(21)22/h2-3,6-9,13H,4-5,10-11H2,1H3,(H,21,22)/t13-/m1/s1. The molecule has 1 aliphatic rings. The fourth-order valence-corrected chi connectivity index (χ4v) is 2.87. The molecule has 2 heterocycles. The quantitative estimate of drug-likeness (QED) is 0.865. The predicted octanol–water partition coefficient (Wildman–Crippen LogP) is 2.56. The highest BCUT2D eigenvalue weighted by Gasteiger charge is 2.35. The van der Waals surface area contributed by atoms with Crippen molar-refractivity contribution in [2.75, 3.05) is 13.7 Å². The molecule has 0 saturated carbocycles. The summed E-state index contributed by atoms with van der Waals surface area (Å²) in [7, 11) is 1.56. The number of benzene rings is 1. The van der Waals surface area contributed by atoms with Crippen LogP contribution in [-0.4, -0.2) is 41.6 Å². The number of aliphatic carboxylic acids is 1. The first-order valence-corrected chi connectivity index (χ1v) is 7.98. The van der Waals surface area contributed by atoms with Crippen LogP contribution in [0.25, 0.3) is 0 Å². The molecule has 1 saturated heterocycles. The Bertz CT molecular complexity index is 768. The molecule has 132 valence electrons. The Morgan fingerprint density at radius 1 is 1.24 bits per heavy atom. The van der Waals surface area contributed by atoms with E-state index in [9.17, 15) is 14.7 Å². The van der Waals surface area contributed by atoms with Gasteiger partial charge in [0.25, 0.3) is 5.91 Å². The van der Waals surface area contributed by atoms with E-state index in [0.717, 1.165) is 0 Å². The Hall–Kier alpha value is -2.96. The largest absolute Gasteiger partial charge is 0.493 e. The minimum atomic E-state index is -0.989. The maximum Gasteiger partial charge on any atom is 0.326 e. The summed E-state index contributed by atoms with van der Waals surface area (Å²) in [5.41, 5.74) is 0. The van der Waals surface area contributed by atoms with Crippen molar-refractivity contribution in [3.05, 3.63) is 47.9 Å². The maximum atomic E-state index is 12.5. The Kier molecular flexibility index (Phi) is 4.92. The molecule has 0 unspecified atom stereocenters. The van der Waals surface area contributed by atoms with Crippen molar-refractivity contribution in [1.82, 2.24) is 4.90 Å². The average Bonchev–Trinajstić information content (AvgIpc) is 3.29. The van der Waals surface area contributed by atoms with Crippen LogP contribution >= 0.6 is 0 Å². The Labute approximate surface area is 144 Å². The summed E-state index contributed by atoms with van der Waals surface area (Å²) in [5.74, 6) is 0.365. The minimum absolute atomic E-state index is 0.117. The number of carbonyl (C=O) groups is 2. The van der Waals surface area contributed by atoms with E-state index < -0.39 is 17.9 Å². The van der Waals surface area contributed by atoms with Crippen LogP contribution in [0.1, 0.15) is 29.2 Å². The number of carboxylic acids is 1. The highest BCUT2D eigenvalue weighted by Crippen LogP contribution is 2.27. The Morgan fingerprint density at radius 3 is 2.72 bits per heavy atom. The molecule has 1 aromatic carbocycles. The SMILES string of the molecule is COc1ccccc1OCc1ccc(C(=O)N2CCC[C@@H]2C(=O)O)o1. The summed E-state index contributed by atoms with van der Waals surface area (Å²) >= 11 is 0. The average molecular weight is 345 g/mol. The Morgan fingerprint density at radius 2 is 2.00 bits per heavy atom. The number of para-hydroxylation sites is 2. The van der Waals surface area contributed by atoms with Crippen molar-refractivity contribution in [3.8, 4) is 11.5 Å². The molecule has 0 radical (unpaired) electrons. The molecule has 7 nitrogen and oxygen atoms in total. The number of rotatable bonds is 6. The number of furan rings is 1. The number of amides is 1. The van der Waals surface area contributed by atoms with Crippen LogP contribution in [-0.2, 0) is 11.4 Å². The second kappa shape index (κ2) is 7.29. The molecule has 25 heavy (non-hydrogen) atoms. The number of carboxylic acid groups (broad SMARTS) is 1. The van der Waals surface area contributed by atoms with E-state index in [-0.39, 0.29) is 12.4 Å². The normalized spacial score (nSPS) is 16.7. The van der Waals surface area contributed by atoms with Crippen LogP contribution in [0.15, 0.2) is 40.8 Å². The third-order valence-electron chi connectivity index (χ3n) is 4.11. The van der Waals surface area contributed by atoms with Crippen LogP contribution in [0.2, 0.25) is 0 Å². The van der Waals surface area contributed by atoms with Crippen molar-refractivity contribution in [2.24, 2.45) is 0 Å². The molecule has 0 bridgehead atoms. The van der Waals surface area contributed by atoms with Crippen molar-refractivity contribution in [2.45, 2.75) is 25.5 Å². The lowest BCUT2D eigenvalue weighted by molar-refractivity contribution is -0.141. The fourth-order valence-electron chi connectivity index (χ4n) is 2.87. The van der Waals surface area contributed by atoms with Gasteiger partial charge in [-0.25, -0.2) is 4.79 Å². The fraction of sp³-hybridized carbons (Fsp3) is 0.333. The van der Waals surface area contributed by atoms with Crippen LogP contribution in [0, 0.1) is 0 Å². The van der Waals surface area contributed by atoms with E-state index in [1.54, 1.807) is 31.4 Å². The number of methoxy groups -OCH3 is 1. The van der Waals surface area contributed by atoms with Gasteiger partial charge in [0.15, 0.2) is 17.3 Å². The Balaban J connectivity index is 1.66. The summed E-state index contributed by atoms with van der Waals surface area (Å²) in [6.07, 6.45) is 1.14. The number of ether oxygens (including phenoxy) is 2. The van der Waals surface area contributed by atoms with Gasteiger partial charge >= 0.3 is 5.97 Å². The van der Waals surface area contributed by atoms with Crippen LogP contribution in [0.5, 0.6) is 11.5 Å². The number of nitrogens with zero attached hydrogens (tertiary/aromatic N) is 1. The van der Waals surface area contributed by atoms with E-state index in [1.165, 1.54) is 4.90 Å². The maximum absolute atomic E-state index is 12.5. The molecule has 1 aromatic heterocycles. The highest BCUT2D eigenvalue weighted by molar-refractivity contribution is 5.94. The van der Waals surface area contributed by atoms with Gasteiger partial charge in [0.2, 0.25) is 0 Å². The molecule has 2 aromatic rings. The van der Waals surface area contributed by atoms with Crippen LogP contribution < -0.4 is 9.47 Å². The van der Waals surface area contributed by atoms with Crippen molar-refractivity contribution >= 4 is 11.9 Å². The summed E-state index contributed by atoms with van der Waals surface area (Å²) < 4.78 is 16.4. The number of carbonyl (C=O) groups excluding carboxylic acids is 1. The lowest BCUT2D eigenvalue weighted by atomic mass is 10.2. The van der Waals surface area contributed by atoms with Crippen LogP contribution in [0.4, 0.5) is 0 Å². The first-order valence-electron chi connectivity index (χ1n) is 7.98. The number of hydrogen-bond acceptors (Lipinski definition) is 5. The molecule has 1 N–H and O–H groups in total. The second-order valence-corrected chi connectivity index (χ2v) is 5.70. The predicted molar refractivity (Wildman–Crippen MR) is 87.7 cm³/mol. The molecule has 0 spiro atoms. The lowest BCUT2D eigenvalue weighted by Gasteiger charge is -2.19. The van der Waals surface area contributed by atoms with E-state index >= 15 is 0 Å². The molecule has 1 atom stereocenters. The zero-order chi connectivity index (χ0) is 17.8. The van der Waals surface area contributed by atoms with E-state index in [2.05, 4.69) is 0 Å². The molecular formula is C18H19NO6. The highest BCUT2D eigenvalue weighted by atomic mass is 16.5.